The molecule has 6 heteroatoms. The normalized spacial score (nSPS) is 10.8. The molecular weight excluding hydrogens is 390 g/mol. The number of nitrogens with one attached hydrogen (secondary N) is 1. The van der Waals surface area contributed by atoms with Crippen molar-refractivity contribution in [3.63, 3.8) is 0 Å². The lowest BCUT2D eigenvalue weighted by atomic mass is 10.1. The molecule has 0 bridgehead atoms. The van der Waals surface area contributed by atoms with Crippen molar-refractivity contribution in [3.05, 3.63) is 106 Å². The maximum Gasteiger partial charge on any atom is 0.407 e. The minimum atomic E-state index is -0.571. The summed E-state index contributed by atoms with van der Waals surface area (Å²) in [5.74, 6) is 0.437. The van der Waals surface area contributed by atoms with Gasteiger partial charge in [-0.3, -0.25) is 9.36 Å². The summed E-state index contributed by atoms with van der Waals surface area (Å²) < 4.78 is 6.85. The Kier molecular flexibility index (Phi) is 5.80. The van der Waals surface area contributed by atoms with Crippen LogP contribution in [0.5, 0.6) is 0 Å². The van der Waals surface area contributed by atoms with Crippen LogP contribution < -0.4 is 10.9 Å². The first-order valence-electron chi connectivity index (χ1n) is 10.1. The van der Waals surface area contributed by atoms with Crippen LogP contribution in [0.15, 0.2) is 77.6 Å². The Morgan fingerprint density at radius 3 is 2.52 bits per heavy atom. The minimum absolute atomic E-state index is 0.0566. The fraction of sp³-hybridized carbons (Fsp3) is 0.160. The Bertz CT molecular complexity index is 1300. The second kappa shape index (κ2) is 8.83. The first-order valence-corrected chi connectivity index (χ1v) is 10.1. The molecule has 1 N–H and O–H groups in total. The highest BCUT2D eigenvalue weighted by Gasteiger charge is 2.15. The van der Waals surface area contributed by atoms with E-state index < -0.39 is 6.09 Å². The average Bonchev–Trinajstić information content (AvgIpc) is 2.78. The molecule has 1 amide bonds. The molecule has 1 aromatic heterocycles. The van der Waals surface area contributed by atoms with Crippen molar-refractivity contribution in [2.75, 3.05) is 0 Å². The van der Waals surface area contributed by atoms with E-state index in [0.29, 0.717) is 16.7 Å². The lowest BCUT2D eigenvalue weighted by Crippen LogP contribution is -2.30. The number of benzene rings is 3. The van der Waals surface area contributed by atoms with E-state index in [4.69, 9.17) is 4.74 Å². The molecule has 0 aliphatic carbocycles. The Morgan fingerprint density at radius 2 is 1.74 bits per heavy atom. The Hall–Kier alpha value is -3.93. The van der Waals surface area contributed by atoms with Crippen LogP contribution in [0.1, 0.15) is 22.5 Å². The number of rotatable bonds is 5. The van der Waals surface area contributed by atoms with Crippen molar-refractivity contribution in [1.29, 1.82) is 0 Å². The van der Waals surface area contributed by atoms with E-state index in [-0.39, 0.29) is 18.7 Å². The molecule has 0 spiro atoms. The number of hydrogen-bond donors (Lipinski definition) is 1. The fourth-order valence-electron chi connectivity index (χ4n) is 3.53. The summed E-state index contributed by atoms with van der Waals surface area (Å²) in [7, 11) is 0. The van der Waals surface area contributed by atoms with Gasteiger partial charge in [-0.1, -0.05) is 60.2 Å². The molecule has 0 radical (unpaired) electrons. The zero-order valence-electron chi connectivity index (χ0n) is 17.5. The van der Waals surface area contributed by atoms with Gasteiger partial charge in [0.15, 0.2) is 0 Å². The smallest absolute Gasteiger partial charge is 0.407 e. The molecule has 4 aromatic rings. The van der Waals surface area contributed by atoms with Crippen LogP contribution >= 0.6 is 0 Å². The van der Waals surface area contributed by atoms with E-state index in [1.54, 1.807) is 16.7 Å². The van der Waals surface area contributed by atoms with Crippen molar-refractivity contribution >= 4 is 17.0 Å². The summed E-state index contributed by atoms with van der Waals surface area (Å²) >= 11 is 0. The molecule has 156 valence electrons. The van der Waals surface area contributed by atoms with E-state index >= 15 is 0 Å². The number of alkyl carbamates (subject to hydrolysis) is 1. The number of para-hydroxylation sites is 1. The predicted molar refractivity (Wildman–Crippen MR) is 120 cm³/mol. The van der Waals surface area contributed by atoms with Gasteiger partial charge < -0.3 is 10.1 Å². The number of amides is 1. The number of ether oxygens (including phenoxy) is 1. The Morgan fingerprint density at radius 1 is 1.00 bits per heavy atom. The van der Waals surface area contributed by atoms with Gasteiger partial charge >= 0.3 is 6.09 Å². The number of hydrogen-bond acceptors (Lipinski definition) is 4. The molecule has 0 fully saturated rings. The maximum atomic E-state index is 13.3. The minimum Gasteiger partial charge on any atom is -0.445 e. The van der Waals surface area contributed by atoms with Gasteiger partial charge in [0.25, 0.3) is 5.56 Å². The summed E-state index contributed by atoms with van der Waals surface area (Å²) in [5, 5.41) is 3.24. The van der Waals surface area contributed by atoms with E-state index in [1.165, 1.54) is 0 Å². The quantitative estimate of drug-likeness (QED) is 0.525. The SMILES string of the molecule is Cc1ccc(-n2c(CNC(=O)OCc3ccccc3)nc3ccccc3c2=O)c(C)c1. The summed E-state index contributed by atoms with van der Waals surface area (Å²) in [6, 6.07) is 22.5. The third-order valence-electron chi connectivity index (χ3n) is 5.04. The van der Waals surface area contributed by atoms with Crippen LogP contribution in [0.2, 0.25) is 0 Å². The van der Waals surface area contributed by atoms with Crippen molar-refractivity contribution < 1.29 is 9.53 Å². The van der Waals surface area contributed by atoms with Gasteiger partial charge in [0.1, 0.15) is 12.4 Å². The van der Waals surface area contributed by atoms with Gasteiger partial charge in [-0.05, 0) is 43.2 Å². The molecule has 31 heavy (non-hydrogen) atoms. The van der Waals surface area contributed by atoms with Crippen molar-refractivity contribution in [2.45, 2.75) is 27.0 Å². The van der Waals surface area contributed by atoms with Crippen molar-refractivity contribution in [1.82, 2.24) is 14.9 Å². The van der Waals surface area contributed by atoms with E-state index in [1.807, 2.05) is 74.5 Å². The number of carbonyl (C=O) groups excluding carboxylic acids is 1. The number of aryl methyl sites for hydroxylation is 2. The van der Waals surface area contributed by atoms with E-state index in [2.05, 4.69) is 10.3 Å². The molecule has 4 rings (SSSR count). The van der Waals surface area contributed by atoms with Gasteiger partial charge in [0.05, 0.1) is 23.1 Å². The van der Waals surface area contributed by atoms with Crippen LogP contribution in [0.25, 0.3) is 16.6 Å². The highest BCUT2D eigenvalue weighted by atomic mass is 16.5. The molecule has 0 atom stereocenters. The molecule has 3 aromatic carbocycles. The average molecular weight is 413 g/mol. The first-order chi connectivity index (χ1) is 15.0. The number of carbonyl (C=O) groups is 1. The predicted octanol–water partition coefficient (Wildman–Crippen LogP) is 4.43. The zero-order chi connectivity index (χ0) is 21.8. The van der Waals surface area contributed by atoms with Gasteiger partial charge in [-0.25, -0.2) is 9.78 Å². The van der Waals surface area contributed by atoms with Crippen LogP contribution in [0, 0.1) is 13.8 Å². The lowest BCUT2D eigenvalue weighted by Gasteiger charge is -2.16. The monoisotopic (exact) mass is 413 g/mol. The van der Waals surface area contributed by atoms with Gasteiger partial charge in [0.2, 0.25) is 0 Å². The fourth-order valence-corrected chi connectivity index (χ4v) is 3.53. The Labute approximate surface area is 180 Å². The first kappa shape index (κ1) is 20.3. The van der Waals surface area contributed by atoms with Gasteiger partial charge in [-0.15, -0.1) is 0 Å². The number of fused-ring (bicyclic) bond motifs is 1. The molecule has 0 saturated heterocycles. The molecule has 0 aliphatic heterocycles. The Balaban J connectivity index is 1.64. The standard InChI is InChI=1S/C25H23N3O3/c1-17-12-13-22(18(2)14-17)28-23(27-21-11-7-6-10-20(21)24(28)29)15-26-25(30)31-16-19-8-4-3-5-9-19/h3-14H,15-16H2,1-2H3,(H,26,30). The topological polar surface area (TPSA) is 73.2 Å². The molecule has 0 unspecified atom stereocenters. The highest BCUT2D eigenvalue weighted by Crippen LogP contribution is 2.18. The largest absolute Gasteiger partial charge is 0.445 e. The maximum absolute atomic E-state index is 13.3. The summed E-state index contributed by atoms with van der Waals surface area (Å²) in [5.41, 5.74) is 4.10. The van der Waals surface area contributed by atoms with Crippen LogP contribution in [-0.4, -0.2) is 15.6 Å². The molecular formula is C25H23N3O3. The van der Waals surface area contributed by atoms with E-state index in [9.17, 15) is 9.59 Å². The van der Waals surface area contributed by atoms with Crippen LogP contribution in [-0.2, 0) is 17.9 Å². The lowest BCUT2D eigenvalue weighted by molar-refractivity contribution is 0.139. The molecule has 1 heterocycles. The molecule has 0 aliphatic rings. The van der Waals surface area contributed by atoms with E-state index in [0.717, 1.165) is 22.4 Å². The third kappa shape index (κ3) is 4.48. The van der Waals surface area contributed by atoms with Crippen molar-refractivity contribution in [3.8, 4) is 5.69 Å². The second-order valence-electron chi connectivity index (χ2n) is 7.39. The van der Waals surface area contributed by atoms with Crippen molar-refractivity contribution in [2.24, 2.45) is 0 Å². The summed E-state index contributed by atoms with van der Waals surface area (Å²) in [6.45, 7) is 4.18. The summed E-state index contributed by atoms with van der Waals surface area (Å²) in [4.78, 5) is 30.2. The summed E-state index contributed by atoms with van der Waals surface area (Å²) in [6.07, 6.45) is -0.571. The molecule has 0 saturated carbocycles. The zero-order valence-corrected chi connectivity index (χ0v) is 17.5. The third-order valence-corrected chi connectivity index (χ3v) is 5.04. The highest BCUT2D eigenvalue weighted by molar-refractivity contribution is 5.78. The number of aromatic nitrogens is 2. The van der Waals surface area contributed by atoms with Gasteiger partial charge in [-0.2, -0.15) is 0 Å². The second-order valence-corrected chi connectivity index (χ2v) is 7.39. The van der Waals surface area contributed by atoms with Gasteiger partial charge in [0, 0.05) is 0 Å². The molecule has 6 nitrogen and oxygen atoms in total. The van der Waals surface area contributed by atoms with Crippen LogP contribution in [0.3, 0.4) is 0 Å². The van der Waals surface area contributed by atoms with Crippen LogP contribution in [0.4, 0.5) is 4.79 Å². The number of nitrogens with zero attached hydrogens (tertiary/aromatic N) is 2.